The lowest BCUT2D eigenvalue weighted by atomic mass is 9.97. The first-order valence-electron chi connectivity index (χ1n) is 5.41. The summed E-state index contributed by atoms with van der Waals surface area (Å²) in [6.45, 7) is 10.4. The van der Waals surface area contributed by atoms with Crippen molar-refractivity contribution in [3.8, 4) is 0 Å². The molecule has 1 atom stereocenters. The highest BCUT2D eigenvalue weighted by atomic mass is 16.3. The minimum atomic E-state index is -0.473. The summed E-state index contributed by atoms with van der Waals surface area (Å²) < 4.78 is 0. The molecule has 0 rings (SSSR count). The average Bonchev–Trinajstić information content (AvgIpc) is 1.98. The molecule has 13 heavy (non-hydrogen) atoms. The predicted octanol–water partition coefficient (Wildman–Crippen LogP) is 2.17. The Bertz CT molecular complexity index is 121. The van der Waals surface area contributed by atoms with E-state index in [1.54, 1.807) is 0 Å². The van der Waals surface area contributed by atoms with Gasteiger partial charge in [0.25, 0.3) is 0 Å². The van der Waals surface area contributed by atoms with Crippen LogP contribution in [0.4, 0.5) is 0 Å². The fourth-order valence-electron chi connectivity index (χ4n) is 1.41. The molecule has 0 aliphatic heterocycles. The van der Waals surface area contributed by atoms with Gasteiger partial charge < -0.3 is 10.4 Å². The van der Waals surface area contributed by atoms with Gasteiger partial charge >= 0.3 is 0 Å². The van der Waals surface area contributed by atoms with E-state index >= 15 is 0 Å². The van der Waals surface area contributed by atoms with E-state index < -0.39 is 5.60 Å². The van der Waals surface area contributed by atoms with Crippen molar-refractivity contribution >= 4 is 0 Å². The standard InChI is InChI=1S/C11H25NO/c1-5-6-11(4,13)7-8-12-9-10(2)3/h10,12-13H,5-9H2,1-4H3. The second-order valence-electron chi connectivity index (χ2n) is 4.59. The van der Waals surface area contributed by atoms with Crippen LogP contribution in [0.25, 0.3) is 0 Å². The number of hydrogen-bond acceptors (Lipinski definition) is 2. The van der Waals surface area contributed by atoms with Gasteiger partial charge in [0, 0.05) is 0 Å². The first-order chi connectivity index (χ1) is 5.98. The molecule has 0 aliphatic carbocycles. The Labute approximate surface area is 82.7 Å². The zero-order chi connectivity index (χ0) is 10.3. The maximum absolute atomic E-state index is 9.84. The quantitative estimate of drug-likeness (QED) is 0.599. The summed E-state index contributed by atoms with van der Waals surface area (Å²) in [4.78, 5) is 0. The lowest BCUT2D eigenvalue weighted by molar-refractivity contribution is 0.0414. The second-order valence-corrected chi connectivity index (χ2v) is 4.59. The maximum atomic E-state index is 9.84. The Balaban J connectivity index is 3.40. The van der Waals surface area contributed by atoms with E-state index in [-0.39, 0.29) is 0 Å². The van der Waals surface area contributed by atoms with E-state index in [9.17, 15) is 5.11 Å². The topological polar surface area (TPSA) is 32.3 Å². The third kappa shape index (κ3) is 8.26. The summed E-state index contributed by atoms with van der Waals surface area (Å²) in [6, 6.07) is 0. The third-order valence-corrected chi connectivity index (χ3v) is 2.18. The van der Waals surface area contributed by atoms with Crippen LogP contribution in [0.15, 0.2) is 0 Å². The van der Waals surface area contributed by atoms with Gasteiger partial charge in [-0.25, -0.2) is 0 Å². The fraction of sp³-hybridized carbons (Fsp3) is 1.00. The predicted molar refractivity (Wildman–Crippen MR) is 57.9 cm³/mol. The molecule has 0 aromatic rings. The second kappa shape index (κ2) is 6.39. The first kappa shape index (κ1) is 12.9. The molecule has 0 aromatic carbocycles. The van der Waals surface area contributed by atoms with E-state index in [1.165, 1.54) is 0 Å². The van der Waals surface area contributed by atoms with Crippen LogP contribution < -0.4 is 5.32 Å². The van der Waals surface area contributed by atoms with Crippen molar-refractivity contribution in [2.45, 2.75) is 52.6 Å². The summed E-state index contributed by atoms with van der Waals surface area (Å²) in [6.07, 6.45) is 2.81. The monoisotopic (exact) mass is 187 g/mol. The smallest absolute Gasteiger partial charge is 0.0631 e. The lowest BCUT2D eigenvalue weighted by Crippen LogP contribution is -2.31. The van der Waals surface area contributed by atoms with Crippen LogP contribution in [0, 0.1) is 5.92 Å². The minimum absolute atomic E-state index is 0.473. The summed E-state index contributed by atoms with van der Waals surface area (Å²) in [5, 5.41) is 13.2. The van der Waals surface area contributed by atoms with Gasteiger partial charge in [0.2, 0.25) is 0 Å². The van der Waals surface area contributed by atoms with E-state index in [4.69, 9.17) is 0 Å². The Hall–Kier alpha value is -0.0800. The van der Waals surface area contributed by atoms with Crippen molar-refractivity contribution in [2.75, 3.05) is 13.1 Å². The molecule has 0 aromatic heterocycles. The van der Waals surface area contributed by atoms with Crippen LogP contribution >= 0.6 is 0 Å². The third-order valence-electron chi connectivity index (χ3n) is 2.18. The fourth-order valence-corrected chi connectivity index (χ4v) is 1.41. The Kier molecular flexibility index (Phi) is 6.35. The van der Waals surface area contributed by atoms with E-state index in [0.717, 1.165) is 32.4 Å². The van der Waals surface area contributed by atoms with Gasteiger partial charge in [-0.3, -0.25) is 0 Å². The molecule has 0 amide bonds. The van der Waals surface area contributed by atoms with Gasteiger partial charge in [0.05, 0.1) is 5.60 Å². The Morgan fingerprint density at radius 1 is 1.31 bits per heavy atom. The molecular formula is C11H25NO. The summed E-state index contributed by atoms with van der Waals surface area (Å²) in [7, 11) is 0. The number of hydrogen-bond donors (Lipinski definition) is 2. The van der Waals surface area contributed by atoms with Crippen molar-refractivity contribution in [2.24, 2.45) is 5.92 Å². The van der Waals surface area contributed by atoms with Crippen LogP contribution in [0.2, 0.25) is 0 Å². The Morgan fingerprint density at radius 2 is 1.92 bits per heavy atom. The summed E-state index contributed by atoms with van der Waals surface area (Å²) in [5.74, 6) is 0.691. The molecule has 1 unspecified atom stereocenters. The molecule has 0 spiro atoms. The van der Waals surface area contributed by atoms with Gasteiger partial charge in [-0.1, -0.05) is 27.2 Å². The van der Waals surface area contributed by atoms with Crippen LogP contribution in [0.1, 0.15) is 47.0 Å². The number of rotatable bonds is 7. The normalized spacial score (nSPS) is 16.2. The van der Waals surface area contributed by atoms with Crippen molar-refractivity contribution in [1.29, 1.82) is 0 Å². The molecule has 0 heterocycles. The highest BCUT2D eigenvalue weighted by Gasteiger charge is 2.17. The number of aliphatic hydroxyl groups is 1. The molecule has 0 fully saturated rings. The van der Waals surface area contributed by atoms with Gasteiger partial charge in [0.1, 0.15) is 0 Å². The average molecular weight is 187 g/mol. The molecule has 0 saturated heterocycles. The van der Waals surface area contributed by atoms with E-state index in [0.29, 0.717) is 5.92 Å². The zero-order valence-corrected chi connectivity index (χ0v) is 9.56. The van der Waals surface area contributed by atoms with Gasteiger partial charge in [-0.05, 0) is 38.8 Å². The van der Waals surface area contributed by atoms with Crippen molar-refractivity contribution in [1.82, 2.24) is 5.32 Å². The largest absolute Gasteiger partial charge is 0.390 e. The van der Waals surface area contributed by atoms with Crippen LogP contribution in [-0.4, -0.2) is 23.8 Å². The molecule has 80 valence electrons. The SMILES string of the molecule is CCCC(C)(O)CCNCC(C)C. The highest BCUT2D eigenvalue weighted by molar-refractivity contribution is 4.72. The first-order valence-corrected chi connectivity index (χ1v) is 5.41. The lowest BCUT2D eigenvalue weighted by Gasteiger charge is -2.22. The van der Waals surface area contributed by atoms with Crippen molar-refractivity contribution < 1.29 is 5.11 Å². The Morgan fingerprint density at radius 3 is 2.38 bits per heavy atom. The number of nitrogens with one attached hydrogen (secondary N) is 1. The molecule has 2 nitrogen and oxygen atoms in total. The van der Waals surface area contributed by atoms with Gasteiger partial charge in [-0.2, -0.15) is 0 Å². The van der Waals surface area contributed by atoms with Gasteiger partial charge in [-0.15, -0.1) is 0 Å². The molecule has 0 saturated carbocycles. The minimum Gasteiger partial charge on any atom is -0.390 e. The van der Waals surface area contributed by atoms with E-state index in [1.807, 2.05) is 6.92 Å². The summed E-state index contributed by atoms with van der Waals surface area (Å²) in [5.41, 5.74) is -0.473. The molecule has 2 heteroatoms. The van der Waals surface area contributed by atoms with Gasteiger partial charge in [0.15, 0.2) is 0 Å². The van der Waals surface area contributed by atoms with Crippen LogP contribution in [-0.2, 0) is 0 Å². The molecular weight excluding hydrogens is 162 g/mol. The van der Waals surface area contributed by atoms with Crippen molar-refractivity contribution in [3.63, 3.8) is 0 Å². The van der Waals surface area contributed by atoms with Crippen LogP contribution in [0.5, 0.6) is 0 Å². The van der Waals surface area contributed by atoms with Crippen molar-refractivity contribution in [3.05, 3.63) is 0 Å². The molecule has 0 bridgehead atoms. The summed E-state index contributed by atoms with van der Waals surface area (Å²) >= 11 is 0. The van der Waals surface area contributed by atoms with Crippen LogP contribution in [0.3, 0.4) is 0 Å². The molecule has 0 aliphatic rings. The molecule has 0 radical (unpaired) electrons. The van der Waals surface area contributed by atoms with E-state index in [2.05, 4.69) is 26.1 Å². The molecule has 2 N–H and O–H groups in total. The zero-order valence-electron chi connectivity index (χ0n) is 9.56. The highest BCUT2D eigenvalue weighted by Crippen LogP contribution is 2.15. The maximum Gasteiger partial charge on any atom is 0.0631 e.